The monoisotopic (exact) mass is 414 g/mol. The Morgan fingerprint density at radius 3 is 2.59 bits per heavy atom. The molecule has 156 valence electrons. The molecule has 0 aliphatic heterocycles. The van der Waals surface area contributed by atoms with E-state index in [9.17, 15) is 4.79 Å². The van der Waals surface area contributed by atoms with Gasteiger partial charge < -0.3 is 14.8 Å². The van der Waals surface area contributed by atoms with E-state index in [0.29, 0.717) is 23.8 Å². The highest BCUT2D eigenvalue weighted by atomic mass is 32.1. The smallest absolute Gasteiger partial charge is 0.261 e. The molecule has 29 heavy (non-hydrogen) atoms. The van der Waals surface area contributed by atoms with Crippen LogP contribution in [0.4, 0.5) is 5.69 Å². The Labute approximate surface area is 178 Å². The lowest BCUT2D eigenvalue weighted by atomic mass is 10.1. The van der Waals surface area contributed by atoms with Crippen molar-refractivity contribution in [1.29, 1.82) is 0 Å². The van der Waals surface area contributed by atoms with Gasteiger partial charge in [-0.15, -0.1) is 0 Å². The number of hydrogen-bond donors (Lipinski definition) is 2. The van der Waals surface area contributed by atoms with Gasteiger partial charge in [-0.25, -0.2) is 0 Å². The Balaban J connectivity index is 1.97. The summed E-state index contributed by atoms with van der Waals surface area (Å²) in [5.41, 5.74) is 1.20. The quantitative estimate of drug-likeness (QED) is 0.537. The first kappa shape index (κ1) is 22.7. The van der Waals surface area contributed by atoms with E-state index in [1.165, 1.54) is 0 Å². The van der Waals surface area contributed by atoms with Gasteiger partial charge in [-0.3, -0.25) is 10.1 Å². The van der Waals surface area contributed by atoms with Crippen molar-refractivity contribution in [1.82, 2.24) is 5.32 Å². The average Bonchev–Trinajstić information content (AvgIpc) is 2.68. The highest BCUT2D eigenvalue weighted by Crippen LogP contribution is 2.20. The number of nitrogens with one attached hydrogen (secondary N) is 2. The molecule has 0 aromatic heterocycles. The second kappa shape index (κ2) is 11.4. The minimum absolute atomic E-state index is 0.129. The summed E-state index contributed by atoms with van der Waals surface area (Å²) in [6.07, 6.45) is 1.97. The highest BCUT2D eigenvalue weighted by molar-refractivity contribution is 7.80. The molecule has 0 spiro atoms. The van der Waals surface area contributed by atoms with Crippen molar-refractivity contribution in [2.24, 2.45) is 5.92 Å². The van der Waals surface area contributed by atoms with Crippen LogP contribution in [0, 0.1) is 5.92 Å². The van der Waals surface area contributed by atoms with E-state index in [2.05, 4.69) is 31.4 Å². The molecule has 1 unspecified atom stereocenters. The van der Waals surface area contributed by atoms with Gasteiger partial charge in [-0.1, -0.05) is 39.0 Å². The van der Waals surface area contributed by atoms with Gasteiger partial charge in [-0.2, -0.15) is 0 Å². The Kier molecular flexibility index (Phi) is 8.93. The summed E-state index contributed by atoms with van der Waals surface area (Å²) in [5.74, 6) is 1.53. The first-order chi connectivity index (χ1) is 13.9. The zero-order valence-corrected chi connectivity index (χ0v) is 18.3. The normalized spacial score (nSPS) is 11.6. The number of thiocarbonyl (C=S) groups is 1. The summed E-state index contributed by atoms with van der Waals surface area (Å²) in [6.45, 7) is 8.92. The van der Waals surface area contributed by atoms with Gasteiger partial charge >= 0.3 is 0 Å². The van der Waals surface area contributed by atoms with Gasteiger partial charge in [0.05, 0.1) is 18.3 Å². The molecule has 5 nitrogen and oxygen atoms in total. The molecule has 0 fully saturated rings. The zero-order valence-electron chi connectivity index (χ0n) is 17.5. The minimum Gasteiger partial charge on any atom is -0.493 e. The van der Waals surface area contributed by atoms with Crippen LogP contribution in [0.5, 0.6) is 11.5 Å². The number of ether oxygens (including phenoxy) is 2. The lowest BCUT2D eigenvalue weighted by Crippen LogP contribution is -2.34. The SMILES string of the molecule is CCC(C)Oc1cccc(NC(=S)NC(=O)c2ccccc2OCCC(C)C)c1. The van der Waals surface area contributed by atoms with Crippen molar-refractivity contribution in [3.8, 4) is 11.5 Å². The number of amides is 1. The van der Waals surface area contributed by atoms with Crippen LogP contribution in [-0.2, 0) is 0 Å². The van der Waals surface area contributed by atoms with Crippen LogP contribution in [0.15, 0.2) is 48.5 Å². The zero-order chi connectivity index (χ0) is 21.2. The van der Waals surface area contributed by atoms with Crippen LogP contribution in [-0.4, -0.2) is 23.7 Å². The number of para-hydroxylation sites is 1. The third kappa shape index (κ3) is 7.74. The van der Waals surface area contributed by atoms with Crippen molar-refractivity contribution in [2.75, 3.05) is 11.9 Å². The van der Waals surface area contributed by atoms with Crippen LogP contribution in [0.25, 0.3) is 0 Å². The van der Waals surface area contributed by atoms with Crippen LogP contribution in [0.2, 0.25) is 0 Å². The van der Waals surface area contributed by atoms with E-state index in [-0.39, 0.29) is 17.1 Å². The van der Waals surface area contributed by atoms with E-state index >= 15 is 0 Å². The fourth-order valence-corrected chi connectivity index (χ4v) is 2.69. The lowest BCUT2D eigenvalue weighted by molar-refractivity contribution is 0.0973. The predicted molar refractivity (Wildman–Crippen MR) is 122 cm³/mol. The maximum atomic E-state index is 12.7. The van der Waals surface area contributed by atoms with E-state index in [1.54, 1.807) is 18.2 Å². The Morgan fingerprint density at radius 1 is 1.10 bits per heavy atom. The van der Waals surface area contributed by atoms with Crippen LogP contribution in [0.3, 0.4) is 0 Å². The first-order valence-electron chi connectivity index (χ1n) is 10.00. The fraction of sp³-hybridized carbons (Fsp3) is 0.391. The molecule has 0 saturated carbocycles. The maximum Gasteiger partial charge on any atom is 0.261 e. The molecule has 0 radical (unpaired) electrons. The van der Waals surface area contributed by atoms with Crippen LogP contribution < -0.4 is 20.1 Å². The molecule has 1 amide bonds. The van der Waals surface area contributed by atoms with Crippen molar-refractivity contribution in [3.63, 3.8) is 0 Å². The highest BCUT2D eigenvalue weighted by Gasteiger charge is 2.14. The van der Waals surface area contributed by atoms with Gasteiger partial charge in [0.2, 0.25) is 0 Å². The standard InChI is InChI=1S/C23H30N2O3S/c1-5-17(4)28-19-10-8-9-18(15-19)24-23(29)25-22(26)20-11-6-7-12-21(20)27-14-13-16(2)3/h6-12,15-17H,5,13-14H2,1-4H3,(H2,24,25,26,29). The molecule has 0 bridgehead atoms. The fourth-order valence-electron chi connectivity index (χ4n) is 2.48. The third-order valence-electron chi connectivity index (χ3n) is 4.32. The van der Waals surface area contributed by atoms with Crippen LogP contribution in [0.1, 0.15) is 50.9 Å². The number of rotatable bonds is 9. The minimum atomic E-state index is -0.311. The van der Waals surface area contributed by atoms with Crippen molar-refractivity contribution in [3.05, 3.63) is 54.1 Å². The predicted octanol–water partition coefficient (Wildman–Crippen LogP) is 5.42. The second-order valence-corrected chi connectivity index (χ2v) is 7.71. The number of hydrogen-bond acceptors (Lipinski definition) is 4. The molecule has 0 heterocycles. The largest absolute Gasteiger partial charge is 0.493 e. The molecule has 1 atom stereocenters. The van der Waals surface area contributed by atoms with Gasteiger partial charge in [0.25, 0.3) is 5.91 Å². The summed E-state index contributed by atoms with van der Waals surface area (Å²) >= 11 is 5.31. The molecule has 2 aromatic carbocycles. The summed E-state index contributed by atoms with van der Waals surface area (Å²) in [4.78, 5) is 12.7. The van der Waals surface area contributed by atoms with Crippen molar-refractivity contribution < 1.29 is 14.3 Å². The number of carbonyl (C=O) groups excluding carboxylic acids is 1. The van der Waals surface area contributed by atoms with Crippen molar-refractivity contribution in [2.45, 2.75) is 46.6 Å². The molecule has 2 rings (SSSR count). The van der Waals surface area contributed by atoms with Gasteiger partial charge in [-0.05, 0) is 62.2 Å². The Hall–Kier alpha value is -2.60. The van der Waals surface area contributed by atoms with E-state index in [1.807, 2.05) is 37.3 Å². The van der Waals surface area contributed by atoms with Crippen LogP contribution >= 0.6 is 12.2 Å². The molecular weight excluding hydrogens is 384 g/mol. The Morgan fingerprint density at radius 2 is 1.86 bits per heavy atom. The van der Waals surface area contributed by atoms with Gasteiger partial charge in [0.1, 0.15) is 11.5 Å². The van der Waals surface area contributed by atoms with E-state index in [4.69, 9.17) is 21.7 Å². The molecule has 0 saturated heterocycles. The summed E-state index contributed by atoms with van der Waals surface area (Å²) in [6, 6.07) is 14.7. The summed E-state index contributed by atoms with van der Waals surface area (Å²) < 4.78 is 11.6. The van der Waals surface area contributed by atoms with E-state index < -0.39 is 0 Å². The maximum absolute atomic E-state index is 12.7. The van der Waals surface area contributed by atoms with E-state index in [0.717, 1.165) is 24.3 Å². The lowest BCUT2D eigenvalue weighted by Gasteiger charge is -2.15. The number of carbonyl (C=O) groups is 1. The topological polar surface area (TPSA) is 59.6 Å². The molecule has 2 aromatic rings. The number of anilines is 1. The molecule has 0 aliphatic carbocycles. The van der Waals surface area contributed by atoms with Gasteiger partial charge in [0.15, 0.2) is 5.11 Å². The third-order valence-corrected chi connectivity index (χ3v) is 4.52. The van der Waals surface area contributed by atoms with Gasteiger partial charge in [0, 0.05) is 11.8 Å². The second-order valence-electron chi connectivity index (χ2n) is 7.30. The summed E-state index contributed by atoms with van der Waals surface area (Å²) in [7, 11) is 0. The molecular formula is C23H30N2O3S. The summed E-state index contributed by atoms with van der Waals surface area (Å²) in [5, 5.41) is 5.96. The molecule has 6 heteroatoms. The molecule has 2 N–H and O–H groups in total. The Bertz CT molecular complexity index is 823. The molecule has 0 aliphatic rings. The number of benzene rings is 2. The first-order valence-corrected chi connectivity index (χ1v) is 10.4. The van der Waals surface area contributed by atoms with Crippen molar-refractivity contribution >= 4 is 28.9 Å². The average molecular weight is 415 g/mol.